The third kappa shape index (κ3) is 4.00. The highest BCUT2D eigenvalue weighted by atomic mass is 32.1. The average molecular weight is 334 g/mol. The Morgan fingerprint density at radius 1 is 1.52 bits per heavy atom. The first-order chi connectivity index (χ1) is 11.1. The van der Waals surface area contributed by atoms with E-state index in [1.807, 2.05) is 17.0 Å². The Morgan fingerprint density at radius 2 is 2.39 bits per heavy atom. The molecule has 0 bridgehead atoms. The van der Waals surface area contributed by atoms with E-state index in [9.17, 15) is 4.79 Å². The second kappa shape index (κ2) is 7.27. The number of carbonyl (C=O) groups is 1. The molecule has 124 valence electrons. The van der Waals surface area contributed by atoms with Crippen LogP contribution in [0.2, 0.25) is 0 Å². The van der Waals surface area contributed by atoms with Gasteiger partial charge >= 0.3 is 0 Å². The normalized spacial score (nSPS) is 17.8. The van der Waals surface area contributed by atoms with Crippen molar-refractivity contribution in [3.63, 3.8) is 0 Å². The zero-order valence-electron chi connectivity index (χ0n) is 13.5. The molecule has 2 aromatic rings. The molecule has 1 fully saturated rings. The van der Waals surface area contributed by atoms with Gasteiger partial charge in [0.2, 0.25) is 0 Å². The maximum atomic E-state index is 12.9. The van der Waals surface area contributed by atoms with E-state index in [0.29, 0.717) is 23.9 Å². The van der Waals surface area contributed by atoms with Crippen LogP contribution in [0.25, 0.3) is 0 Å². The van der Waals surface area contributed by atoms with Gasteiger partial charge in [-0.05, 0) is 25.0 Å². The number of carbonyl (C=O) groups excluding carboxylic acids is 1. The van der Waals surface area contributed by atoms with Crippen LogP contribution in [0.1, 0.15) is 53.0 Å². The number of nitrogens with zero attached hydrogens (tertiary/aromatic N) is 2. The van der Waals surface area contributed by atoms with E-state index < -0.39 is 0 Å². The van der Waals surface area contributed by atoms with Gasteiger partial charge < -0.3 is 14.1 Å². The van der Waals surface area contributed by atoms with Gasteiger partial charge in [0.1, 0.15) is 10.6 Å². The summed E-state index contributed by atoms with van der Waals surface area (Å²) in [5.41, 5.74) is 0. The van der Waals surface area contributed by atoms with Gasteiger partial charge in [-0.2, -0.15) is 0 Å². The van der Waals surface area contributed by atoms with Gasteiger partial charge in [-0.25, -0.2) is 4.98 Å². The smallest absolute Gasteiger partial charge is 0.266 e. The number of ether oxygens (including phenoxy) is 1. The lowest BCUT2D eigenvalue weighted by atomic mass is 10.2. The summed E-state index contributed by atoms with van der Waals surface area (Å²) in [6.45, 7) is 6.00. The van der Waals surface area contributed by atoms with Crippen LogP contribution in [0.15, 0.2) is 29.0 Å². The summed E-state index contributed by atoms with van der Waals surface area (Å²) < 4.78 is 11.1. The summed E-state index contributed by atoms with van der Waals surface area (Å²) in [6, 6.07) is 3.73. The lowest BCUT2D eigenvalue weighted by Gasteiger charge is -2.24. The van der Waals surface area contributed by atoms with Crippen molar-refractivity contribution in [3.8, 4) is 0 Å². The molecule has 3 rings (SSSR count). The molecule has 5 nitrogen and oxygen atoms in total. The van der Waals surface area contributed by atoms with Crippen LogP contribution >= 0.6 is 11.3 Å². The number of hydrogen-bond acceptors (Lipinski definition) is 5. The van der Waals surface area contributed by atoms with E-state index >= 15 is 0 Å². The van der Waals surface area contributed by atoms with Crippen molar-refractivity contribution in [2.45, 2.75) is 45.3 Å². The summed E-state index contributed by atoms with van der Waals surface area (Å²) in [7, 11) is 0. The van der Waals surface area contributed by atoms with Crippen LogP contribution < -0.4 is 0 Å². The van der Waals surface area contributed by atoms with Gasteiger partial charge in [0, 0.05) is 19.1 Å². The Bertz CT molecular complexity index is 630. The Labute approximate surface area is 140 Å². The second-order valence-electron chi connectivity index (χ2n) is 6.12. The lowest BCUT2D eigenvalue weighted by Crippen LogP contribution is -2.36. The van der Waals surface area contributed by atoms with Crippen molar-refractivity contribution in [1.29, 1.82) is 0 Å². The van der Waals surface area contributed by atoms with Gasteiger partial charge in [-0.1, -0.05) is 13.8 Å². The van der Waals surface area contributed by atoms with Gasteiger partial charge in [0.25, 0.3) is 5.91 Å². The Morgan fingerprint density at radius 3 is 3.00 bits per heavy atom. The molecule has 1 saturated heterocycles. The first kappa shape index (κ1) is 16.2. The van der Waals surface area contributed by atoms with E-state index in [4.69, 9.17) is 9.15 Å². The molecule has 1 atom stereocenters. The van der Waals surface area contributed by atoms with Crippen LogP contribution in [0, 0.1) is 0 Å². The number of rotatable bonds is 6. The predicted octanol–water partition coefficient (Wildman–Crippen LogP) is 3.68. The summed E-state index contributed by atoms with van der Waals surface area (Å²) in [5, 5.41) is 0.989. The zero-order valence-corrected chi connectivity index (χ0v) is 14.3. The molecular formula is C17H22N2O3S. The van der Waals surface area contributed by atoms with Crippen molar-refractivity contribution >= 4 is 17.2 Å². The van der Waals surface area contributed by atoms with Crippen LogP contribution in [-0.4, -0.2) is 35.0 Å². The largest absolute Gasteiger partial charge is 0.467 e. The maximum absolute atomic E-state index is 12.9. The molecule has 0 unspecified atom stereocenters. The molecule has 0 saturated carbocycles. The molecule has 3 heterocycles. The Kier molecular flexibility index (Phi) is 5.13. The van der Waals surface area contributed by atoms with Crippen molar-refractivity contribution < 1.29 is 13.9 Å². The van der Waals surface area contributed by atoms with Gasteiger partial charge in [-0.15, -0.1) is 11.3 Å². The third-order valence-electron chi connectivity index (χ3n) is 3.89. The molecule has 23 heavy (non-hydrogen) atoms. The minimum Gasteiger partial charge on any atom is -0.467 e. The third-order valence-corrected chi connectivity index (χ3v) is 5.18. The molecule has 0 radical (unpaired) electrons. The Balaban J connectivity index is 1.75. The monoisotopic (exact) mass is 334 g/mol. The minimum absolute atomic E-state index is 0.00120. The van der Waals surface area contributed by atoms with Crippen molar-refractivity contribution in [1.82, 2.24) is 9.88 Å². The van der Waals surface area contributed by atoms with Crippen molar-refractivity contribution in [2.24, 2.45) is 0 Å². The highest BCUT2D eigenvalue weighted by molar-refractivity contribution is 7.13. The first-order valence-corrected chi connectivity index (χ1v) is 8.84. The molecule has 0 aliphatic carbocycles. The van der Waals surface area contributed by atoms with E-state index in [1.54, 1.807) is 12.5 Å². The lowest BCUT2D eigenvalue weighted by molar-refractivity contribution is 0.0495. The van der Waals surface area contributed by atoms with E-state index in [2.05, 4.69) is 18.8 Å². The molecule has 1 aliphatic heterocycles. The maximum Gasteiger partial charge on any atom is 0.266 e. The van der Waals surface area contributed by atoms with E-state index in [1.165, 1.54) is 11.3 Å². The Hall–Kier alpha value is -1.66. The van der Waals surface area contributed by atoms with Crippen LogP contribution in [0.4, 0.5) is 0 Å². The number of hydrogen-bond donors (Lipinski definition) is 0. The van der Waals surface area contributed by atoms with Crippen molar-refractivity contribution in [2.75, 3.05) is 13.2 Å². The number of amides is 1. The van der Waals surface area contributed by atoms with Gasteiger partial charge in [0.15, 0.2) is 0 Å². The molecular weight excluding hydrogens is 312 g/mol. The van der Waals surface area contributed by atoms with Crippen LogP contribution in [-0.2, 0) is 11.3 Å². The summed E-state index contributed by atoms with van der Waals surface area (Å²) >= 11 is 1.47. The predicted molar refractivity (Wildman–Crippen MR) is 88.6 cm³/mol. The SMILES string of the molecule is CC(C)c1ncc(C(=O)N(Cc2ccco2)C[C@@H]2CCCO2)s1. The molecule has 2 aromatic heterocycles. The fourth-order valence-corrected chi connectivity index (χ4v) is 3.54. The molecule has 0 N–H and O–H groups in total. The molecule has 1 aliphatic rings. The molecule has 1 amide bonds. The first-order valence-electron chi connectivity index (χ1n) is 8.02. The highest BCUT2D eigenvalue weighted by Gasteiger charge is 2.25. The van der Waals surface area contributed by atoms with E-state index in [-0.39, 0.29) is 12.0 Å². The summed E-state index contributed by atoms with van der Waals surface area (Å²) in [6.07, 6.45) is 5.50. The summed E-state index contributed by atoms with van der Waals surface area (Å²) in [4.78, 5) is 19.7. The highest BCUT2D eigenvalue weighted by Crippen LogP contribution is 2.24. The van der Waals surface area contributed by atoms with Crippen LogP contribution in [0.3, 0.4) is 0 Å². The fourth-order valence-electron chi connectivity index (χ4n) is 2.65. The fraction of sp³-hybridized carbons (Fsp3) is 0.529. The summed E-state index contributed by atoms with van der Waals surface area (Å²) in [5.74, 6) is 1.12. The second-order valence-corrected chi connectivity index (χ2v) is 7.18. The quantitative estimate of drug-likeness (QED) is 0.808. The van der Waals surface area contributed by atoms with E-state index in [0.717, 1.165) is 30.2 Å². The van der Waals surface area contributed by atoms with Crippen molar-refractivity contribution in [3.05, 3.63) is 40.2 Å². The molecule has 0 spiro atoms. The zero-order chi connectivity index (χ0) is 16.2. The number of furan rings is 1. The van der Waals surface area contributed by atoms with Gasteiger partial charge in [-0.3, -0.25) is 4.79 Å². The van der Waals surface area contributed by atoms with Gasteiger partial charge in [0.05, 0.1) is 30.1 Å². The number of aromatic nitrogens is 1. The average Bonchev–Trinajstić information content (AvgIpc) is 3.28. The van der Waals surface area contributed by atoms with Crippen LogP contribution in [0.5, 0.6) is 0 Å². The molecule has 0 aromatic carbocycles. The topological polar surface area (TPSA) is 55.6 Å². The molecule has 6 heteroatoms. The number of thiazole rings is 1. The minimum atomic E-state index is 0.00120. The standard InChI is InChI=1S/C17H22N2O3S/c1-12(2)16-18-9-15(23-16)17(20)19(10-13-5-3-7-21-13)11-14-6-4-8-22-14/h3,5,7,9,12,14H,4,6,8,10-11H2,1-2H3/t14-/m0/s1.